The van der Waals surface area contributed by atoms with Crippen LogP contribution in [-0.4, -0.2) is 29.0 Å². The monoisotopic (exact) mass is 541 g/mol. The van der Waals surface area contributed by atoms with Gasteiger partial charge in [-0.3, -0.25) is 19.8 Å². The van der Waals surface area contributed by atoms with Crippen molar-refractivity contribution in [1.29, 1.82) is 0 Å². The summed E-state index contributed by atoms with van der Waals surface area (Å²) in [6, 6.07) is 10.2. The summed E-state index contributed by atoms with van der Waals surface area (Å²) in [5, 5.41) is 2.53. The minimum absolute atomic E-state index is 0.0170. The number of anilines is 2. The molecule has 1 saturated heterocycles. The lowest BCUT2D eigenvalue weighted by molar-refractivity contribution is -0.122. The lowest BCUT2D eigenvalue weighted by atomic mass is 9.87. The van der Waals surface area contributed by atoms with E-state index in [-0.39, 0.29) is 21.8 Å². The largest absolute Gasteiger partial charge is 0.362 e. The first-order valence-electron chi connectivity index (χ1n) is 11.0. The quantitative estimate of drug-likeness (QED) is 0.300. The van der Waals surface area contributed by atoms with Crippen molar-refractivity contribution in [3.8, 4) is 0 Å². The average Bonchev–Trinajstić information content (AvgIpc) is 2.75. The van der Waals surface area contributed by atoms with Gasteiger partial charge in [-0.25, -0.2) is 4.39 Å². The fraction of sp³-hybridized carbons (Fsp3) is 0.269. The van der Waals surface area contributed by atoms with Gasteiger partial charge in [0.05, 0.1) is 11.2 Å². The van der Waals surface area contributed by atoms with Gasteiger partial charge < -0.3 is 4.90 Å². The number of carbonyl (C=O) groups excluding carboxylic acids is 2. The van der Waals surface area contributed by atoms with E-state index in [1.54, 1.807) is 30.3 Å². The molecule has 0 unspecified atom stereocenters. The summed E-state index contributed by atoms with van der Waals surface area (Å²) >= 11 is 8.60. The number of carbonyl (C=O) groups is 2. The number of rotatable bonds is 4. The summed E-state index contributed by atoms with van der Waals surface area (Å²) in [6.45, 7) is 9.07. The Labute approximate surface area is 212 Å². The number of nitrogens with zero attached hydrogens (tertiary/aromatic N) is 2. The highest BCUT2D eigenvalue weighted by Gasteiger charge is 2.35. The molecule has 0 spiro atoms. The average molecular weight is 542 g/mol. The molecule has 8 heteroatoms. The maximum absolute atomic E-state index is 15.3. The van der Waals surface area contributed by atoms with Crippen LogP contribution in [0.25, 0.3) is 11.6 Å². The molecule has 1 fully saturated rings. The maximum Gasteiger partial charge on any atom is 0.270 e. The molecular formula is C26H25BrFN3O2S. The Balaban J connectivity index is 1.78. The zero-order chi connectivity index (χ0) is 24.8. The van der Waals surface area contributed by atoms with Crippen molar-refractivity contribution in [2.45, 2.75) is 39.7 Å². The molecule has 2 aromatic carbocycles. The van der Waals surface area contributed by atoms with E-state index < -0.39 is 17.6 Å². The van der Waals surface area contributed by atoms with Gasteiger partial charge in [0.15, 0.2) is 5.11 Å². The first-order valence-corrected chi connectivity index (χ1v) is 12.2. The number of hydrogen-bond donors (Lipinski definition) is 1. The number of amides is 2. The molecule has 0 atom stereocenters. The predicted molar refractivity (Wildman–Crippen MR) is 142 cm³/mol. The molecule has 176 valence electrons. The van der Waals surface area contributed by atoms with Crippen molar-refractivity contribution in [1.82, 2.24) is 5.32 Å². The number of nitrogens with one attached hydrogen (secondary N) is 1. The molecule has 0 aliphatic carbocycles. The van der Waals surface area contributed by atoms with E-state index in [0.29, 0.717) is 5.69 Å². The number of fused-ring (bicyclic) bond motifs is 1. The first kappa shape index (κ1) is 24.3. The normalized spacial score (nSPS) is 18.7. The zero-order valence-corrected chi connectivity index (χ0v) is 21.8. The third-order valence-electron chi connectivity index (χ3n) is 6.03. The SMILES string of the molecule is CCCN1c2cc(F)c(/C=C3/C(=O)NC(=S)N(c4ccc(Br)cc4)C3=O)cc2C(C)=CC1(C)C. The highest BCUT2D eigenvalue weighted by atomic mass is 79.9. The fourth-order valence-corrected chi connectivity index (χ4v) is 5.04. The Morgan fingerprint density at radius 2 is 1.85 bits per heavy atom. The van der Waals surface area contributed by atoms with Crippen LogP contribution in [0.3, 0.4) is 0 Å². The van der Waals surface area contributed by atoms with Crippen LogP contribution in [0.1, 0.15) is 45.2 Å². The lowest BCUT2D eigenvalue weighted by Crippen LogP contribution is -2.54. The molecule has 0 radical (unpaired) electrons. The summed E-state index contributed by atoms with van der Waals surface area (Å²) in [5.41, 5.74) is 2.95. The summed E-state index contributed by atoms with van der Waals surface area (Å²) in [7, 11) is 0. The van der Waals surface area contributed by atoms with Crippen LogP contribution < -0.4 is 15.1 Å². The topological polar surface area (TPSA) is 52.7 Å². The summed E-state index contributed by atoms with van der Waals surface area (Å²) in [5.74, 6) is -1.75. The van der Waals surface area contributed by atoms with Crippen LogP contribution in [0.4, 0.5) is 15.8 Å². The van der Waals surface area contributed by atoms with Crippen LogP contribution >= 0.6 is 28.1 Å². The smallest absolute Gasteiger partial charge is 0.270 e. The van der Waals surface area contributed by atoms with E-state index in [4.69, 9.17) is 12.2 Å². The molecule has 34 heavy (non-hydrogen) atoms. The lowest BCUT2D eigenvalue weighted by Gasteiger charge is -2.43. The standard InChI is InChI=1S/C26H25BrFN3O2S/c1-5-10-30-22-13-21(28)16(11-19(22)15(2)14-26(30,3)4)12-20-23(32)29-25(34)31(24(20)33)18-8-6-17(27)7-9-18/h6-9,11-14H,5,10H2,1-4H3,(H,29,32,34)/b20-12-. The highest BCUT2D eigenvalue weighted by Crippen LogP contribution is 2.40. The molecular weight excluding hydrogens is 517 g/mol. The highest BCUT2D eigenvalue weighted by molar-refractivity contribution is 9.10. The first-order chi connectivity index (χ1) is 16.0. The van der Waals surface area contributed by atoms with Crippen molar-refractivity contribution in [2.75, 3.05) is 16.3 Å². The van der Waals surface area contributed by atoms with Gasteiger partial charge in [0.25, 0.3) is 11.8 Å². The zero-order valence-electron chi connectivity index (χ0n) is 19.4. The van der Waals surface area contributed by atoms with Crippen molar-refractivity contribution in [2.24, 2.45) is 0 Å². The third kappa shape index (κ3) is 4.32. The van der Waals surface area contributed by atoms with Gasteiger partial charge in [0.1, 0.15) is 11.4 Å². The minimum atomic E-state index is -0.651. The van der Waals surface area contributed by atoms with Crippen molar-refractivity contribution in [3.05, 3.63) is 69.5 Å². The Morgan fingerprint density at radius 1 is 1.18 bits per heavy atom. The van der Waals surface area contributed by atoms with E-state index in [1.165, 1.54) is 17.0 Å². The van der Waals surface area contributed by atoms with Gasteiger partial charge in [-0.2, -0.15) is 0 Å². The van der Waals surface area contributed by atoms with Gasteiger partial charge in [-0.1, -0.05) is 28.9 Å². The van der Waals surface area contributed by atoms with Crippen LogP contribution in [-0.2, 0) is 9.59 Å². The number of hydrogen-bond acceptors (Lipinski definition) is 4. The van der Waals surface area contributed by atoms with E-state index in [0.717, 1.165) is 34.3 Å². The van der Waals surface area contributed by atoms with E-state index in [9.17, 15) is 9.59 Å². The maximum atomic E-state index is 15.3. The fourth-order valence-electron chi connectivity index (χ4n) is 4.50. The molecule has 2 amide bonds. The molecule has 2 aliphatic rings. The van der Waals surface area contributed by atoms with Gasteiger partial charge in [0.2, 0.25) is 0 Å². The van der Waals surface area contributed by atoms with Gasteiger partial charge >= 0.3 is 0 Å². The Kier molecular flexibility index (Phi) is 6.48. The van der Waals surface area contributed by atoms with Crippen molar-refractivity contribution in [3.63, 3.8) is 0 Å². The molecule has 0 bridgehead atoms. The molecule has 2 heterocycles. The summed E-state index contributed by atoms with van der Waals surface area (Å²) < 4.78 is 16.2. The van der Waals surface area contributed by atoms with Crippen LogP contribution in [0.5, 0.6) is 0 Å². The van der Waals surface area contributed by atoms with E-state index >= 15 is 4.39 Å². The van der Waals surface area contributed by atoms with E-state index in [2.05, 4.69) is 53.0 Å². The molecule has 2 aromatic rings. The van der Waals surface area contributed by atoms with Crippen LogP contribution in [0.2, 0.25) is 0 Å². The second-order valence-corrected chi connectivity index (χ2v) is 10.3. The molecule has 0 saturated carbocycles. The second kappa shape index (κ2) is 9.07. The number of thiocarbonyl (C=S) groups is 1. The third-order valence-corrected chi connectivity index (χ3v) is 6.84. The molecule has 5 nitrogen and oxygen atoms in total. The van der Waals surface area contributed by atoms with Gasteiger partial charge in [0, 0.05) is 27.8 Å². The van der Waals surface area contributed by atoms with Crippen LogP contribution in [0, 0.1) is 5.82 Å². The molecule has 2 aliphatic heterocycles. The predicted octanol–water partition coefficient (Wildman–Crippen LogP) is 5.83. The van der Waals surface area contributed by atoms with Gasteiger partial charge in [-0.05, 0) is 87.5 Å². The Morgan fingerprint density at radius 3 is 2.50 bits per heavy atom. The molecule has 0 aromatic heterocycles. The van der Waals surface area contributed by atoms with E-state index in [1.807, 2.05) is 6.92 Å². The Hall–Kier alpha value is -2.84. The second-order valence-electron chi connectivity index (χ2n) is 8.96. The van der Waals surface area contributed by atoms with Gasteiger partial charge in [-0.15, -0.1) is 0 Å². The Bertz CT molecular complexity index is 1270. The van der Waals surface area contributed by atoms with Crippen molar-refractivity contribution < 1.29 is 14.0 Å². The number of halogens is 2. The minimum Gasteiger partial charge on any atom is -0.362 e. The molecule has 1 N–H and O–H groups in total. The summed E-state index contributed by atoms with van der Waals surface area (Å²) in [4.78, 5) is 29.4. The number of allylic oxidation sites excluding steroid dienone is 1. The molecule has 4 rings (SSSR count). The number of benzene rings is 2. The van der Waals surface area contributed by atoms with Crippen LogP contribution in [0.15, 0.2) is 52.5 Å². The summed E-state index contributed by atoms with van der Waals surface area (Å²) in [6.07, 6.45) is 4.38. The van der Waals surface area contributed by atoms with Crippen molar-refractivity contribution >= 4 is 68.1 Å².